The lowest BCUT2D eigenvalue weighted by atomic mass is 9.78. The molecule has 0 fully saturated rings. The van der Waals surface area contributed by atoms with Crippen LogP contribution in [0.2, 0.25) is 0 Å². The number of benzene rings is 2. The molecule has 6 heteroatoms. The third-order valence-electron chi connectivity index (χ3n) is 6.13. The average molecular weight is 541 g/mol. The first-order valence-corrected chi connectivity index (χ1v) is 13.8. The van der Waals surface area contributed by atoms with Gasteiger partial charge >= 0.3 is 0 Å². The predicted molar refractivity (Wildman–Crippen MR) is 158 cm³/mol. The lowest BCUT2D eigenvalue weighted by Gasteiger charge is -2.27. The van der Waals surface area contributed by atoms with Crippen LogP contribution in [0.25, 0.3) is 0 Å². The van der Waals surface area contributed by atoms with Gasteiger partial charge in [0, 0.05) is 18.6 Å². The largest absolute Gasteiger partial charge is 0.491 e. The maximum atomic E-state index is 6.00. The molecule has 0 aliphatic rings. The summed E-state index contributed by atoms with van der Waals surface area (Å²) in [5.74, 6) is 1.61. The first-order valence-electron chi connectivity index (χ1n) is 13.8. The molecule has 0 bridgehead atoms. The van der Waals surface area contributed by atoms with E-state index >= 15 is 0 Å². The van der Waals surface area contributed by atoms with Gasteiger partial charge in [-0.05, 0) is 63.1 Å². The molecule has 2 aromatic carbocycles. The molecule has 2 atom stereocenters. The lowest BCUT2D eigenvalue weighted by molar-refractivity contribution is -0.0283. The molecule has 39 heavy (non-hydrogen) atoms. The number of ether oxygens (including phenoxy) is 6. The lowest BCUT2D eigenvalue weighted by Crippen LogP contribution is -2.27. The molecule has 2 rings (SSSR count). The summed E-state index contributed by atoms with van der Waals surface area (Å²) in [7, 11) is 0. The van der Waals surface area contributed by atoms with Crippen molar-refractivity contribution in [1.82, 2.24) is 0 Å². The maximum Gasteiger partial charge on any atom is 0.119 e. The third-order valence-corrected chi connectivity index (χ3v) is 6.13. The zero-order chi connectivity index (χ0) is 28.7. The second kappa shape index (κ2) is 17.1. The Kier molecular flexibility index (Phi) is 14.3. The Labute approximate surface area is 235 Å². The molecule has 0 aliphatic carbocycles. The van der Waals surface area contributed by atoms with E-state index in [1.54, 1.807) is 0 Å². The summed E-state index contributed by atoms with van der Waals surface area (Å²) in [6, 6.07) is 16.5. The molecular formula is C33H48O6. The van der Waals surface area contributed by atoms with Crippen LogP contribution < -0.4 is 9.47 Å². The standard InChI is InChI=1S/C33H48O6/c1-9-36-31(21-34-19-25(3)4)23-38-29-15-11-27(12-16-29)33(7,8)28-13-17-30(18-14-28)39-24-32(37-10-2)22-35-20-26(5)6/h11-18,31-32H,3,5,9-10,19-24H2,1-2,4,6-8H3. The van der Waals surface area contributed by atoms with Gasteiger partial charge in [-0.1, -0.05) is 62.4 Å². The zero-order valence-corrected chi connectivity index (χ0v) is 24.8. The second-order valence-electron chi connectivity index (χ2n) is 10.4. The molecule has 0 N–H and O–H groups in total. The highest BCUT2D eigenvalue weighted by Gasteiger charge is 2.23. The van der Waals surface area contributed by atoms with Gasteiger partial charge in [0.2, 0.25) is 0 Å². The van der Waals surface area contributed by atoms with Gasteiger partial charge in [0.1, 0.15) is 36.9 Å². The topological polar surface area (TPSA) is 55.4 Å². The maximum absolute atomic E-state index is 6.00. The van der Waals surface area contributed by atoms with Crippen LogP contribution in [-0.4, -0.2) is 65.1 Å². The van der Waals surface area contributed by atoms with Crippen molar-refractivity contribution < 1.29 is 28.4 Å². The summed E-state index contributed by atoms with van der Waals surface area (Å²) < 4.78 is 34.8. The van der Waals surface area contributed by atoms with E-state index in [1.165, 1.54) is 11.1 Å². The molecule has 0 saturated heterocycles. The van der Waals surface area contributed by atoms with Gasteiger partial charge in [0.05, 0.1) is 26.4 Å². The van der Waals surface area contributed by atoms with E-state index in [9.17, 15) is 0 Å². The van der Waals surface area contributed by atoms with E-state index in [2.05, 4.69) is 51.3 Å². The van der Waals surface area contributed by atoms with Gasteiger partial charge in [-0.25, -0.2) is 0 Å². The van der Waals surface area contributed by atoms with E-state index < -0.39 is 0 Å². The van der Waals surface area contributed by atoms with E-state index in [-0.39, 0.29) is 17.6 Å². The van der Waals surface area contributed by atoms with E-state index in [1.807, 2.05) is 52.0 Å². The van der Waals surface area contributed by atoms with Crippen LogP contribution in [0, 0.1) is 0 Å². The number of hydrogen-bond acceptors (Lipinski definition) is 6. The molecule has 0 radical (unpaired) electrons. The number of rotatable bonds is 20. The number of hydrogen-bond donors (Lipinski definition) is 0. The summed E-state index contributed by atoms with van der Waals surface area (Å²) in [6.07, 6.45) is -0.252. The van der Waals surface area contributed by atoms with Crippen molar-refractivity contribution in [3.63, 3.8) is 0 Å². The minimum absolute atomic E-state index is 0.126. The van der Waals surface area contributed by atoms with Crippen LogP contribution in [0.1, 0.15) is 52.7 Å². The Morgan fingerprint density at radius 3 is 1.31 bits per heavy atom. The molecule has 0 amide bonds. The Morgan fingerprint density at radius 2 is 1.00 bits per heavy atom. The fourth-order valence-electron chi connectivity index (χ4n) is 3.97. The third kappa shape index (κ3) is 12.0. The van der Waals surface area contributed by atoms with Gasteiger partial charge in [0.15, 0.2) is 0 Å². The van der Waals surface area contributed by atoms with Gasteiger partial charge in [-0.3, -0.25) is 0 Å². The molecule has 0 spiro atoms. The highest BCUT2D eigenvalue weighted by atomic mass is 16.6. The normalized spacial score (nSPS) is 13.1. The first kappa shape index (κ1) is 32.6. The van der Waals surface area contributed by atoms with Crippen LogP contribution in [0.5, 0.6) is 11.5 Å². The summed E-state index contributed by atoms with van der Waals surface area (Å²) in [4.78, 5) is 0. The van der Waals surface area contributed by atoms with Crippen molar-refractivity contribution in [3.05, 3.63) is 84.0 Å². The summed E-state index contributed by atoms with van der Waals surface area (Å²) in [6.45, 7) is 24.1. The first-order chi connectivity index (χ1) is 18.6. The molecule has 0 aromatic heterocycles. The van der Waals surface area contributed by atoms with Gasteiger partial charge in [-0.15, -0.1) is 0 Å². The van der Waals surface area contributed by atoms with Crippen LogP contribution in [-0.2, 0) is 24.4 Å². The zero-order valence-electron chi connectivity index (χ0n) is 24.8. The Balaban J connectivity index is 1.93. The Morgan fingerprint density at radius 1 is 0.641 bits per heavy atom. The fraction of sp³-hybridized carbons (Fsp3) is 0.515. The van der Waals surface area contributed by atoms with Crippen molar-refractivity contribution in [3.8, 4) is 11.5 Å². The highest BCUT2D eigenvalue weighted by Crippen LogP contribution is 2.33. The minimum Gasteiger partial charge on any atom is -0.491 e. The van der Waals surface area contributed by atoms with Crippen LogP contribution in [0.3, 0.4) is 0 Å². The smallest absolute Gasteiger partial charge is 0.119 e. The van der Waals surface area contributed by atoms with Gasteiger partial charge < -0.3 is 28.4 Å². The van der Waals surface area contributed by atoms with E-state index in [4.69, 9.17) is 28.4 Å². The van der Waals surface area contributed by atoms with Gasteiger partial charge in [0.25, 0.3) is 0 Å². The van der Waals surface area contributed by atoms with Gasteiger partial charge in [-0.2, -0.15) is 0 Å². The molecule has 2 unspecified atom stereocenters. The van der Waals surface area contributed by atoms with Crippen molar-refractivity contribution in [1.29, 1.82) is 0 Å². The van der Waals surface area contributed by atoms with Crippen LogP contribution in [0.15, 0.2) is 72.8 Å². The molecule has 0 saturated carbocycles. The van der Waals surface area contributed by atoms with Crippen molar-refractivity contribution in [2.45, 2.75) is 59.2 Å². The van der Waals surface area contributed by atoms with Crippen LogP contribution >= 0.6 is 0 Å². The van der Waals surface area contributed by atoms with E-state index in [0.29, 0.717) is 52.9 Å². The molecule has 6 nitrogen and oxygen atoms in total. The SMILES string of the molecule is C=C(C)COCC(COc1ccc(C(C)(C)c2ccc(OCC(COCC(=C)C)OCC)cc2)cc1)OCC. The Bertz CT molecular complexity index is 901. The van der Waals surface area contributed by atoms with Crippen molar-refractivity contribution in [2.75, 3.05) is 52.9 Å². The molecular weight excluding hydrogens is 492 g/mol. The minimum atomic E-state index is -0.189. The Hall–Kier alpha value is -2.64. The molecule has 0 aliphatic heterocycles. The van der Waals surface area contributed by atoms with E-state index in [0.717, 1.165) is 22.6 Å². The molecule has 216 valence electrons. The predicted octanol–water partition coefficient (Wildman–Crippen LogP) is 6.77. The fourth-order valence-corrected chi connectivity index (χ4v) is 3.97. The highest BCUT2D eigenvalue weighted by molar-refractivity contribution is 5.41. The van der Waals surface area contributed by atoms with Crippen LogP contribution in [0.4, 0.5) is 0 Å². The summed E-state index contributed by atoms with van der Waals surface area (Å²) >= 11 is 0. The molecule has 0 heterocycles. The van der Waals surface area contributed by atoms with Crippen molar-refractivity contribution >= 4 is 0 Å². The molecule has 2 aromatic rings. The van der Waals surface area contributed by atoms with Crippen molar-refractivity contribution in [2.24, 2.45) is 0 Å². The monoisotopic (exact) mass is 540 g/mol. The summed E-state index contributed by atoms with van der Waals surface area (Å²) in [5, 5.41) is 0. The second-order valence-corrected chi connectivity index (χ2v) is 10.4. The average Bonchev–Trinajstić information content (AvgIpc) is 2.90. The quantitative estimate of drug-likeness (QED) is 0.173. The summed E-state index contributed by atoms with van der Waals surface area (Å²) in [5.41, 5.74) is 4.18.